The van der Waals surface area contributed by atoms with Crippen LogP contribution >= 0.6 is 11.3 Å². The van der Waals surface area contributed by atoms with Gasteiger partial charge in [-0.1, -0.05) is 19.1 Å². The highest BCUT2D eigenvalue weighted by Gasteiger charge is 2.08. The number of aromatic nitrogens is 1. The van der Waals surface area contributed by atoms with Gasteiger partial charge in [0, 0.05) is 18.7 Å². The molecule has 0 fully saturated rings. The number of hydrogen-bond donors (Lipinski definition) is 0. The quantitative estimate of drug-likeness (QED) is 0.768. The molecule has 0 aliphatic rings. The first-order chi connectivity index (χ1) is 8.70. The Morgan fingerprint density at radius 1 is 1.44 bits per heavy atom. The van der Waals surface area contributed by atoms with Crippen LogP contribution in [0.25, 0.3) is 10.6 Å². The lowest BCUT2D eigenvalue weighted by Crippen LogP contribution is -1.94. The smallest absolute Gasteiger partial charge is 0.171 e. The first-order valence-corrected chi connectivity index (χ1v) is 6.72. The molecule has 0 aliphatic carbocycles. The van der Waals surface area contributed by atoms with Gasteiger partial charge in [-0.3, -0.25) is 4.79 Å². The van der Waals surface area contributed by atoms with Crippen molar-refractivity contribution in [2.75, 3.05) is 6.61 Å². The van der Waals surface area contributed by atoms with Crippen molar-refractivity contribution in [3.63, 3.8) is 0 Å². The predicted octanol–water partition coefficient (Wildman–Crippen LogP) is 3.80. The molecule has 0 N–H and O–H groups in total. The third-order valence-electron chi connectivity index (χ3n) is 2.41. The van der Waals surface area contributed by atoms with E-state index in [1.54, 1.807) is 13.1 Å². The maximum Gasteiger partial charge on any atom is 0.171 e. The molecule has 0 bridgehead atoms. The molecule has 2 rings (SSSR count). The second-order valence-corrected chi connectivity index (χ2v) is 4.99. The second-order valence-electron chi connectivity index (χ2n) is 3.96. The molecule has 2 aromatic rings. The first-order valence-electron chi connectivity index (χ1n) is 5.90. The van der Waals surface area contributed by atoms with Crippen LogP contribution in [0.3, 0.4) is 0 Å². The third kappa shape index (κ3) is 2.96. The minimum Gasteiger partial charge on any atom is -0.494 e. The standard InChI is InChI=1S/C14H15NO2S/c1-3-7-17-12-6-4-5-11(8-12)14-15-9-13(18-14)10(2)16/h4-6,8-9H,3,7H2,1-2H3. The van der Waals surface area contributed by atoms with Crippen molar-refractivity contribution in [2.45, 2.75) is 20.3 Å². The number of nitrogens with zero attached hydrogens (tertiary/aromatic N) is 1. The van der Waals surface area contributed by atoms with Crippen molar-refractivity contribution < 1.29 is 9.53 Å². The second kappa shape index (κ2) is 5.78. The molecule has 94 valence electrons. The molecule has 0 spiro atoms. The van der Waals surface area contributed by atoms with E-state index in [1.165, 1.54) is 11.3 Å². The average molecular weight is 261 g/mol. The summed E-state index contributed by atoms with van der Waals surface area (Å²) in [7, 11) is 0. The highest BCUT2D eigenvalue weighted by Crippen LogP contribution is 2.28. The molecule has 0 radical (unpaired) electrons. The van der Waals surface area contributed by atoms with Crippen LogP contribution in [-0.2, 0) is 0 Å². The van der Waals surface area contributed by atoms with Crippen molar-refractivity contribution in [1.29, 1.82) is 0 Å². The molecule has 1 aromatic carbocycles. The summed E-state index contributed by atoms with van der Waals surface area (Å²) in [5.74, 6) is 0.895. The lowest BCUT2D eigenvalue weighted by molar-refractivity contribution is 0.102. The fraction of sp³-hybridized carbons (Fsp3) is 0.286. The largest absolute Gasteiger partial charge is 0.494 e. The van der Waals surface area contributed by atoms with Gasteiger partial charge in [0.15, 0.2) is 5.78 Å². The van der Waals surface area contributed by atoms with E-state index in [0.29, 0.717) is 11.5 Å². The number of ketones is 1. The van der Waals surface area contributed by atoms with Crippen LogP contribution in [0.1, 0.15) is 29.9 Å². The fourth-order valence-electron chi connectivity index (χ4n) is 1.51. The SMILES string of the molecule is CCCOc1cccc(-c2ncc(C(C)=O)s2)c1. The molecule has 1 heterocycles. The number of Topliss-reactive ketones (excluding diaryl/α,β-unsaturated/α-hetero) is 1. The molecular formula is C14H15NO2S. The van der Waals surface area contributed by atoms with Crippen LogP contribution in [0, 0.1) is 0 Å². The van der Waals surface area contributed by atoms with Gasteiger partial charge in [-0.2, -0.15) is 0 Å². The first kappa shape index (κ1) is 12.8. The zero-order chi connectivity index (χ0) is 13.0. The number of carbonyl (C=O) groups is 1. The molecular weight excluding hydrogens is 246 g/mol. The van der Waals surface area contributed by atoms with Gasteiger partial charge in [-0.25, -0.2) is 4.98 Å². The van der Waals surface area contributed by atoms with E-state index >= 15 is 0 Å². The highest BCUT2D eigenvalue weighted by molar-refractivity contribution is 7.16. The molecule has 18 heavy (non-hydrogen) atoms. The van der Waals surface area contributed by atoms with Gasteiger partial charge < -0.3 is 4.74 Å². The van der Waals surface area contributed by atoms with E-state index in [9.17, 15) is 4.79 Å². The summed E-state index contributed by atoms with van der Waals surface area (Å²) in [5.41, 5.74) is 0.987. The minimum absolute atomic E-state index is 0.0529. The number of thiazole rings is 1. The molecule has 4 heteroatoms. The average Bonchev–Trinajstić information content (AvgIpc) is 2.86. The van der Waals surface area contributed by atoms with Crippen LogP contribution in [0.5, 0.6) is 5.75 Å². The van der Waals surface area contributed by atoms with E-state index in [-0.39, 0.29) is 5.78 Å². The van der Waals surface area contributed by atoms with E-state index < -0.39 is 0 Å². The molecule has 1 aromatic heterocycles. The summed E-state index contributed by atoms with van der Waals surface area (Å²) < 4.78 is 5.58. The number of ether oxygens (including phenoxy) is 1. The Morgan fingerprint density at radius 2 is 2.28 bits per heavy atom. The molecule has 0 unspecified atom stereocenters. The van der Waals surface area contributed by atoms with Crippen LogP contribution in [-0.4, -0.2) is 17.4 Å². The Labute approximate surface area is 110 Å². The third-order valence-corrected chi connectivity index (χ3v) is 3.55. The minimum atomic E-state index is 0.0529. The Bertz CT molecular complexity index is 548. The van der Waals surface area contributed by atoms with E-state index in [4.69, 9.17) is 4.74 Å². The van der Waals surface area contributed by atoms with Gasteiger partial charge in [-0.15, -0.1) is 11.3 Å². The van der Waals surface area contributed by atoms with E-state index in [0.717, 1.165) is 22.7 Å². The predicted molar refractivity (Wildman–Crippen MR) is 73.3 cm³/mol. The maximum atomic E-state index is 11.2. The monoisotopic (exact) mass is 261 g/mol. The summed E-state index contributed by atoms with van der Waals surface area (Å²) in [5, 5.41) is 0.849. The Balaban J connectivity index is 2.23. The van der Waals surface area contributed by atoms with Crippen molar-refractivity contribution in [1.82, 2.24) is 4.98 Å². The van der Waals surface area contributed by atoms with Crippen molar-refractivity contribution in [2.24, 2.45) is 0 Å². The normalized spacial score (nSPS) is 10.3. The molecule has 3 nitrogen and oxygen atoms in total. The highest BCUT2D eigenvalue weighted by atomic mass is 32.1. The van der Waals surface area contributed by atoms with Crippen LogP contribution < -0.4 is 4.74 Å². The number of rotatable bonds is 5. The number of carbonyl (C=O) groups excluding carboxylic acids is 1. The number of hydrogen-bond acceptors (Lipinski definition) is 4. The molecule has 0 atom stereocenters. The molecule has 0 aliphatic heterocycles. The molecule has 0 amide bonds. The summed E-state index contributed by atoms with van der Waals surface area (Å²) in [4.78, 5) is 16.2. The molecule has 0 saturated heterocycles. The van der Waals surface area contributed by atoms with Gasteiger partial charge in [0.25, 0.3) is 0 Å². The van der Waals surface area contributed by atoms with Gasteiger partial charge in [0.2, 0.25) is 0 Å². The van der Waals surface area contributed by atoms with Crippen molar-refractivity contribution >= 4 is 17.1 Å². The van der Waals surface area contributed by atoms with E-state index in [2.05, 4.69) is 11.9 Å². The fourth-order valence-corrected chi connectivity index (χ4v) is 2.32. The van der Waals surface area contributed by atoms with Gasteiger partial charge in [0.1, 0.15) is 10.8 Å². The van der Waals surface area contributed by atoms with Crippen LogP contribution in [0.4, 0.5) is 0 Å². The van der Waals surface area contributed by atoms with Crippen molar-refractivity contribution in [3.8, 4) is 16.3 Å². The zero-order valence-corrected chi connectivity index (χ0v) is 11.3. The maximum absolute atomic E-state index is 11.2. The lowest BCUT2D eigenvalue weighted by Gasteiger charge is -2.05. The summed E-state index contributed by atoms with van der Waals surface area (Å²) in [6, 6.07) is 7.80. The Hall–Kier alpha value is -1.68. The zero-order valence-electron chi connectivity index (χ0n) is 10.5. The summed E-state index contributed by atoms with van der Waals surface area (Å²) in [6.07, 6.45) is 2.61. The summed E-state index contributed by atoms with van der Waals surface area (Å²) >= 11 is 1.41. The lowest BCUT2D eigenvalue weighted by atomic mass is 10.2. The Morgan fingerprint density at radius 3 is 2.94 bits per heavy atom. The summed E-state index contributed by atoms with van der Waals surface area (Å²) in [6.45, 7) is 4.34. The molecule has 0 saturated carbocycles. The van der Waals surface area contributed by atoms with Gasteiger partial charge in [0.05, 0.1) is 11.5 Å². The Kier molecular flexibility index (Phi) is 4.10. The van der Waals surface area contributed by atoms with Gasteiger partial charge >= 0.3 is 0 Å². The van der Waals surface area contributed by atoms with E-state index in [1.807, 2.05) is 24.3 Å². The van der Waals surface area contributed by atoms with Crippen LogP contribution in [0.2, 0.25) is 0 Å². The van der Waals surface area contributed by atoms with Crippen LogP contribution in [0.15, 0.2) is 30.5 Å². The number of benzene rings is 1. The van der Waals surface area contributed by atoms with Crippen molar-refractivity contribution in [3.05, 3.63) is 35.3 Å². The topological polar surface area (TPSA) is 39.2 Å². The van der Waals surface area contributed by atoms with Gasteiger partial charge in [-0.05, 0) is 18.6 Å².